The number of methoxy groups -OCH3 is 1. The fourth-order valence-electron chi connectivity index (χ4n) is 10.7. The molecule has 3 fully saturated rings. The first-order valence-corrected chi connectivity index (χ1v) is 25.6. The highest BCUT2D eigenvalue weighted by atomic mass is 28.3. The lowest BCUT2D eigenvalue weighted by molar-refractivity contribution is -0.146. The number of fused-ring (bicyclic) bond motifs is 2. The highest BCUT2D eigenvalue weighted by molar-refractivity contribution is 6.91. The number of nitrogens with zero attached hydrogens (tertiary/aromatic N) is 6. The number of anilines is 3. The molecule has 0 bridgehead atoms. The summed E-state index contributed by atoms with van der Waals surface area (Å²) in [5.41, 5.74) is 3.72. The molecule has 3 amide bonds. The third-order valence-electron chi connectivity index (χ3n) is 14.0. The number of hydrogen-bond acceptors (Lipinski definition) is 8. The fraction of sp³-hybridized carbons (Fsp3) is 0.521. The lowest BCUT2D eigenvalue weighted by Crippen LogP contribution is -2.51. The number of aliphatic hydroxyl groups is 1. The van der Waals surface area contributed by atoms with Crippen molar-refractivity contribution in [2.24, 2.45) is 5.92 Å². The van der Waals surface area contributed by atoms with E-state index < -0.39 is 13.7 Å². The van der Waals surface area contributed by atoms with Gasteiger partial charge in [-0.2, -0.15) is 0 Å². The second-order valence-electron chi connectivity index (χ2n) is 18.1. The largest absolute Gasteiger partial charge is 0.497 e. The van der Waals surface area contributed by atoms with Crippen LogP contribution in [0.5, 0.6) is 5.75 Å². The van der Waals surface area contributed by atoms with E-state index in [-0.39, 0.29) is 41.9 Å². The maximum atomic E-state index is 15.7. The van der Waals surface area contributed by atoms with Crippen LogP contribution in [0, 0.1) is 5.92 Å². The molecule has 61 heavy (non-hydrogen) atoms. The van der Waals surface area contributed by atoms with Gasteiger partial charge in [-0.3, -0.25) is 19.1 Å². The van der Waals surface area contributed by atoms with Gasteiger partial charge in [0.1, 0.15) is 5.75 Å². The molecule has 0 radical (unpaired) electrons. The molecule has 3 aromatic carbocycles. The van der Waals surface area contributed by atoms with Crippen LogP contribution < -0.4 is 24.6 Å². The van der Waals surface area contributed by atoms with Gasteiger partial charge in [-0.25, -0.2) is 0 Å². The summed E-state index contributed by atoms with van der Waals surface area (Å²) in [4.78, 5) is 48.2. The van der Waals surface area contributed by atoms with Crippen molar-refractivity contribution in [3.63, 3.8) is 0 Å². The number of aliphatic hydroxyl groups excluding tert-OH is 1. The van der Waals surface area contributed by atoms with Gasteiger partial charge in [-0.05, 0) is 85.7 Å². The standard InChI is InChI=1S/C48H62N6O6Si/c1-34-46(61(3,4)40-22-20-39(59-2)21-23-40)43(25-29-51-33-36(26-30-55)49-50-51)60-48(34)41-31-38(53-28-12-8-6-10-14-45(53)57)19-24-42(41)54(47(48)58)32-35-15-17-37(18-16-35)52-27-11-7-5-9-13-44(52)56/h15-24,31,33-34,43,46,55H,5-14,25-30,32H2,1-4H3/t34-,43+,46-,48+/m1/s1. The molecule has 4 aliphatic heterocycles. The molecule has 4 atom stereocenters. The quantitative estimate of drug-likeness (QED) is 0.148. The van der Waals surface area contributed by atoms with Crippen LogP contribution in [0.2, 0.25) is 18.6 Å². The van der Waals surface area contributed by atoms with E-state index >= 15 is 4.79 Å². The Bertz CT molecular complexity index is 2190. The Kier molecular flexibility index (Phi) is 12.8. The number of aryl methyl sites for hydroxylation is 1. The second-order valence-corrected chi connectivity index (χ2v) is 22.8. The summed E-state index contributed by atoms with van der Waals surface area (Å²) in [5.74, 6) is 0.764. The summed E-state index contributed by atoms with van der Waals surface area (Å²) in [6, 6.07) is 22.6. The number of amides is 3. The van der Waals surface area contributed by atoms with Gasteiger partial charge in [-0.1, -0.05) is 80.4 Å². The molecule has 12 nitrogen and oxygen atoms in total. The van der Waals surface area contributed by atoms with Crippen molar-refractivity contribution in [1.82, 2.24) is 15.0 Å². The molecule has 0 saturated carbocycles. The second kappa shape index (κ2) is 18.2. The van der Waals surface area contributed by atoms with Crippen LogP contribution >= 0.6 is 0 Å². The summed E-state index contributed by atoms with van der Waals surface area (Å²) < 4.78 is 14.8. The summed E-state index contributed by atoms with van der Waals surface area (Å²) in [6.07, 6.45) is 11.8. The molecule has 0 aliphatic carbocycles. The smallest absolute Gasteiger partial charge is 0.264 e. The van der Waals surface area contributed by atoms with Crippen LogP contribution in [-0.4, -0.2) is 78.8 Å². The zero-order chi connectivity index (χ0) is 42.7. The van der Waals surface area contributed by atoms with Crippen LogP contribution in [-0.2, 0) is 44.2 Å². The van der Waals surface area contributed by atoms with E-state index in [1.165, 1.54) is 5.19 Å². The normalized spacial score (nSPS) is 23.9. The first-order chi connectivity index (χ1) is 29.5. The maximum absolute atomic E-state index is 15.7. The van der Waals surface area contributed by atoms with Gasteiger partial charge < -0.3 is 29.3 Å². The van der Waals surface area contributed by atoms with Crippen molar-refractivity contribution >= 4 is 48.0 Å². The van der Waals surface area contributed by atoms with Crippen molar-refractivity contribution in [3.05, 3.63) is 89.7 Å². The van der Waals surface area contributed by atoms with Gasteiger partial charge in [0.2, 0.25) is 11.8 Å². The molecule has 5 heterocycles. The molecular weight excluding hydrogens is 785 g/mol. The lowest BCUT2D eigenvalue weighted by atomic mass is 9.82. The minimum atomic E-state index is -2.43. The SMILES string of the molecule is COc1ccc([Si](C)(C)[C@H]2[C@H](CCn3cc(CCO)nn3)O[C@@]3(C(=O)N(Cc4ccc(N5CCCCCCC5=O)cc4)c4ccc(N5CCCCCCC5=O)cc43)[C@@H]2C)cc1. The minimum absolute atomic E-state index is 0.000510. The molecule has 13 heteroatoms. The Hall–Kier alpha value is -4.85. The summed E-state index contributed by atoms with van der Waals surface area (Å²) >= 11 is 0. The number of ether oxygens (including phenoxy) is 2. The van der Waals surface area contributed by atoms with Crippen LogP contribution in [0.3, 0.4) is 0 Å². The number of carbonyl (C=O) groups excluding carboxylic acids is 3. The number of benzene rings is 3. The molecule has 3 saturated heterocycles. The molecule has 8 rings (SSSR count). The van der Waals surface area contributed by atoms with Crippen LogP contribution in [0.4, 0.5) is 17.1 Å². The summed E-state index contributed by atoms with van der Waals surface area (Å²) in [6.45, 7) is 9.19. The molecule has 1 N–H and O–H groups in total. The van der Waals surface area contributed by atoms with E-state index in [0.29, 0.717) is 45.3 Å². The van der Waals surface area contributed by atoms with Gasteiger partial charge in [0.25, 0.3) is 5.91 Å². The third kappa shape index (κ3) is 8.40. The maximum Gasteiger partial charge on any atom is 0.264 e. The molecule has 4 aliphatic rings. The highest BCUT2D eigenvalue weighted by Gasteiger charge is 2.66. The number of hydrogen-bond donors (Lipinski definition) is 1. The number of carbonyl (C=O) groups is 3. The zero-order valence-electron chi connectivity index (χ0n) is 36.4. The average Bonchev–Trinajstić information content (AvgIpc) is 3.90. The van der Waals surface area contributed by atoms with Crippen molar-refractivity contribution in [2.45, 2.75) is 127 Å². The minimum Gasteiger partial charge on any atom is -0.497 e. The summed E-state index contributed by atoms with van der Waals surface area (Å²) in [5, 5.41) is 19.4. The van der Waals surface area contributed by atoms with E-state index in [0.717, 1.165) is 97.5 Å². The van der Waals surface area contributed by atoms with Crippen LogP contribution in [0.15, 0.2) is 72.9 Å². The third-order valence-corrected chi connectivity index (χ3v) is 18.3. The number of aromatic nitrogens is 3. The molecule has 4 aromatic rings. The van der Waals surface area contributed by atoms with E-state index in [2.05, 4.69) is 48.5 Å². The lowest BCUT2D eigenvalue weighted by Gasteiger charge is -2.37. The summed E-state index contributed by atoms with van der Waals surface area (Å²) in [7, 11) is -0.748. The fourth-order valence-corrected chi connectivity index (χ4v) is 14.7. The molecular formula is C48H62N6O6Si. The highest BCUT2D eigenvalue weighted by Crippen LogP contribution is 2.60. The Labute approximate surface area is 361 Å². The Morgan fingerprint density at radius 3 is 2.13 bits per heavy atom. The molecule has 324 valence electrons. The van der Waals surface area contributed by atoms with Crippen molar-refractivity contribution < 1.29 is 29.0 Å². The van der Waals surface area contributed by atoms with Crippen LogP contribution in [0.1, 0.15) is 94.4 Å². The van der Waals surface area contributed by atoms with Gasteiger partial charge in [0.05, 0.1) is 39.2 Å². The topological polar surface area (TPSA) is 130 Å². The van der Waals surface area contributed by atoms with Gasteiger partial charge in [0, 0.05) is 74.6 Å². The zero-order valence-corrected chi connectivity index (χ0v) is 37.4. The van der Waals surface area contributed by atoms with Crippen molar-refractivity contribution in [1.29, 1.82) is 0 Å². The number of rotatable bonds is 12. The van der Waals surface area contributed by atoms with Crippen molar-refractivity contribution in [2.75, 3.05) is 41.5 Å². The van der Waals surface area contributed by atoms with Gasteiger partial charge in [0.15, 0.2) is 5.60 Å². The van der Waals surface area contributed by atoms with Gasteiger partial charge >= 0.3 is 0 Å². The average molecular weight is 847 g/mol. The first-order valence-electron chi connectivity index (χ1n) is 22.5. The van der Waals surface area contributed by atoms with E-state index in [9.17, 15) is 14.7 Å². The predicted octanol–water partition coefficient (Wildman–Crippen LogP) is 7.27. The van der Waals surface area contributed by atoms with Crippen molar-refractivity contribution in [3.8, 4) is 5.75 Å². The monoisotopic (exact) mass is 846 g/mol. The van der Waals surface area contributed by atoms with Crippen LogP contribution in [0.25, 0.3) is 0 Å². The Balaban J connectivity index is 1.19. The predicted molar refractivity (Wildman–Crippen MR) is 240 cm³/mol. The Morgan fingerprint density at radius 1 is 0.836 bits per heavy atom. The first kappa shape index (κ1) is 42.8. The van der Waals surface area contributed by atoms with E-state index in [1.54, 1.807) is 7.11 Å². The molecule has 1 aromatic heterocycles. The molecule has 0 unspecified atom stereocenters. The van der Waals surface area contributed by atoms with E-state index in [4.69, 9.17) is 9.47 Å². The Morgan fingerprint density at radius 2 is 1.48 bits per heavy atom. The van der Waals surface area contributed by atoms with Gasteiger partial charge in [-0.15, -0.1) is 5.10 Å². The van der Waals surface area contributed by atoms with E-state index in [1.807, 2.05) is 74.1 Å². The molecule has 1 spiro atoms.